The Morgan fingerprint density at radius 2 is 1.60 bits per heavy atom. The summed E-state index contributed by atoms with van der Waals surface area (Å²) in [5, 5.41) is 0. The van der Waals surface area contributed by atoms with Crippen LogP contribution in [-0.2, 0) is 31.8 Å². The first-order chi connectivity index (χ1) is 19.2. The molecular formula is C28H31F7N2O4S. The van der Waals surface area contributed by atoms with E-state index in [0.29, 0.717) is 23.3 Å². The molecule has 0 bridgehead atoms. The maximum atomic E-state index is 13.9. The summed E-state index contributed by atoms with van der Waals surface area (Å²) in [6.07, 6.45) is -9.31. The molecule has 0 aromatic heterocycles. The van der Waals surface area contributed by atoms with Crippen molar-refractivity contribution in [2.45, 2.75) is 51.0 Å². The predicted molar refractivity (Wildman–Crippen MR) is 141 cm³/mol. The minimum absolute atomic E-state index is 0.0158. The van der Waals surface area contributed by atoms with Gasteiger partial charge in [-0.25, -0.2) is 12.8 Å². The van der Waals surface area contributed by atoms with Crippen LogP contribution >= 0.6 is 0 Å². The molecule has 3 atom stereocenters. The van der Waals surface area contributed by atoms with Gasteiger partial charge < -0.3 is 9.80 Å². The summed E-state index contributed by atoms with van der Waals surface area (Å²) < 4.78 is 118. The van der Waals surface area contributed by atoms with Gasteiger partial charge in [-0.3, -0.25) is 9.59 Å². The smallest absolute Gasteiger partial charge is 0.342 e. The van der Waals surface area contributed by atoms with Crippen molar-refractivity contribution in [1.82, 2.24) is 9.80 Å². The van der Waals surface area contributed by atoms with Crippen molar-refractivity contribution in [2.75, 3.05) is 32.1 Å². The summed E-state index contributed by atoms with van der Waals surface area (Å²) in [5.74, 6) is -3.50. The third-order valence-electron chi connectivity index (χ3n) is 7.62. The highest BCUT2D eigenvalue weighted by Crippen LogP contribution is 2.40. The number of nitrogens with zero attached hydrogens (tertiary/aromatic N) is 2. The van der Waals surface area contributed by atoms with Crippen LogP contribution in [0.25, 0.3) is 0 Å². The van der Waals surface area contributed by atoms with Crippen LogP contribution in [0, 0.1) is 18.7 Å². The summed E-state index contributed by atoms with van der Waals surface area (Å²) in [7, 11) is -2.15. The Morgan fingerprint density at radius 3 is 2.10 bits per heavy atom. The van der Waals surface area contributed by atoms with Gasteiger partial charge in [-0.15, -0.1) is 0 Å². The summed E-state index contributed by atoms with van der Waals surface area (Å²) in [4.78, 5) is 29.1. The van der Waals surface area contributed by atoms with Crippen LogP contribution in [0.2, 0.25) is 0 Å². The van der Waals surface area contributed by atoms with Crippen molar-refractivity contribution in [1.29, 1.82) is 0 Å². The molecule has 1 aliphatic rings. The zero-order chi connectivity index (χ0) is 31.8. The number of likely N-dealkylation sites (tertiary alicyclic amines) is 1. The van der Waals surface area contributed by atoms with Gasteiger partial charge in [0, 0.05) is 44.6 Å². The topological polar surface area (TPSA) is 74.8 Å². The van der Waals surface area contributed by atoms with E-state index in [1.807, 2.05) is 0 Å². The second-order valence-electron chi connectivity index (χ2n) is 10.7. The molecule has 0 aliphatic carbocycles. The first kappa shape index (κ1) is 33.3. The summed E-state index contributed by atoms with van der Waals surface area (Å²) in [6.45, 7) is 2.97. The van der Waals surface area contributed by atoms with E-state index in [0.717, 1.165) is 11.2 Å². The van der Waals surface area contributed by atoms with E-state index in [2.05, 4.69) is 0 Å². The molecule has 2 aromatic rings. The SMILES string of the molecule is Cc1cc(F)ccc1C1CN(C(=O)CCS(C)(=O)=O)CCC1C(=O)N(C)[C@@H](C)c1cc(C(F)(F)F)cc(C(F)(F)F)c1. The Kier molecular flexibility index (Phi) is 9.70. The number of hydrogen-bond acceptors (Lipinski definition) is 4. The minimum Gasteiger partial charge on any atom is -0.342 e. The lowest BCUT2D eigenvalue weighted by Crippen LogP contribution is -2.48. The van der Waals surface area contributed by atoms with Gasteiger partial charge in [0.25, 0.3) is 0 Å². The Balaban J connectivity index is 1.96. The molecule has 1 fully saturated rings. The highest BCUT2D eigenvalue weighted by Gasteiger charge is 2.41. The molecule has 3 rings (SSSR count). The van der Waals surface area contributed by atoms with E-state index in [9.17, 15) is 48.7 Å². The number of aryl methyl sites for hydroxylation is 1. The molecule has 0 spiro atoms. The quantitative estimate of drug-likeness (QED) is 0.368. The normalized spacial score (nSPS) is 19.0. The van der Waals surface area contributed by atoms with E-state index in [4.69, 9.17) is 0 Å². The standard InChI is InChI=1S/C28H31F7N2O4S/c1-16-11-21(29)5-6-22(16)24-15-37(25(38)8-10-42(4,40)41)9-7-23(24)26(39)36(3)17(2)18-12-19(27(30,31)32)14-20(13-18)28(33,34)35/h5-6,11-14,17,23-24H,7-10,15H2,1-4H3/t17-,23?,24?/m0/s1. The molecule has 1 heterocycles. The minimum atomic E-state index is -5.06. The van der Waals surface area contributed by atoms with Crippen molar-refractivity contribution in [3.8, 4) is 0 Å². The van der Waals surface area contributed by atoms with Crippen molar-refractivity contribution in [3.05, 3.63) is 70.0 Å². The molecule has 14 heteroatoms. The number of benzene rings is 2. The fourth-order valence-electron chi connectivity index (χ4n) is 5.17. The highest BCUT2D eigenvalue weighted by molar-refractivity contribution is 7.90. The fraction of sp³-hybridized carbons (Fsp3) is 0.500. The molecule has 1 saturated heterocycles. The Hall–Kier alpha value is -3.16. The molecule has 2 unspecified atom stereocenters. The van der Waals surface area contributed by atoms with Gasteiger partial charge in [0.15, 0.2) is 0 Å². The van der Waals surface area contributed by atoms with Gasteiger partial charge in [0.05, 0.1) is 22.9 Å². The molecule has 232 valence electrons. The lowest BCUT2D eigenvalue weighted by atomic mass is 9.78. The molecule has 2 amide bonds. The number of carbonyl (C=O) groups is 2. The number of sulfone groups is 1. The van der Waals surface area contributed by atoms with Gasteiger partial charge in [-0.05, 0) is 67.3 Å². The largest absolute Gasteiger partial charge is 0.416 e. The van der Waals surface area contributed by atoms with Crippen LogP contribution in [0.1, 0.15) is 59.5 Å². The van der Waals surface area contributed by atoms with Crippen molar-refractivity contribution in [2.24, 2.45) is 5.92 Å². The van der Waals surface area contributed by atoms with Crippen LogP contribution in [0.5, 0.6) is 0 Å². The zero-order valence-electron chi connectivity index (χ0n) is 23.3. The Morgan fingerprint density at radius 1 is 1.02 bits per heavy atom. The van der Waals surface area contributed by atoms with Gasteiger partial charge in [-0.1, -0.05) is 6.07 Å². The summed E-state index contributed by atoms with van der Waals surface area (Å²) >= 11 is 0. The fourth-order valence-corrected chi connectivity index (χ4v) is 5.72. The molecule has 1 aliphatic heterocycles. The first-order valence-corrected chi connectivity index (χ1v) is 15.0. The number of rotatable bonds is 7. The Labute approximate surface area is 239 Å². The van der Waals surface area contributed by atoms with Gasteiger partial charge in [-0.2, -0.15) is 26.3 Å². The first-order valence-electron chi connectivity index (χ1n) is 13.0. The molecular weight excluding hydrogens is 593 g/mol. The monoisotopic (exact) mass is 624 g/mol. The average molecular weight is 625 g/mol. The molecule has 0 radical (unpaired) electrons. The number of hydrogen-bond donors (Lipinski definition) is 0. The van der Waals surface area contributed by atoms with E-state index in [1.54, 1.807) is 6.92 Å². The number of carbonyl (C=O) groups excluding carboxylic acids is 2. The Bertz CT molecular complexity index is 1410. The molecule has 2 aromatic carbocycles. The maximum absolute atomic E-state index is 13.9. The lowest BCUT2D eigenvalue weighted by Gasteiger charge is -2.41. The van der Waals surface area contributed by atoms with E-state index in [-0.39, 0.29) is 43.3 Å². The number of alkyl halides is 6. The summed E-state index contributed by atoms with van der Waals surface area (Å²) in [5.41, 5.74) is -2.35. The van der Waals surface area contributed by atoms with Crippen LogP contribution in [0.15, 0.2) is 36.4 Å². The third kappa shape index (κ3) is 8.01. The van der Waals surface area contributed by atoms with Crippen LogP contribution in [-0.4, -0.2) is 62.2 Å². The van der Waals surface area contributed by atoms with Crippen molar-refractivity contribution >= 4 is 21.7 Å². The average Bonchev–Trinajstić information content (AvgIpc) is 2.88. The van der Waals surface area contributed by atoms with Gasteiger partial charge >= 0.3 is 12.4 Å². The molecule has 0 saturated carbocycles. The predicted octanol–water partition coefficient (Wildman–Crippen LogP) is 5.76. The van der Waals surface area contributed by atoms with Crippen LogP contribution in [0.3, 0.4) is 0 Å². The summed E-state index contributed by atoms with van der Waals surface area (Å²) in [6, 6.07) is 3.87. The number of amides is 2. The van der Waals surface area contributed by atoms with Crippen LogP contribution < -0.4 is 0 Å². The molecule has 42 heavy (non-hydrogen) atoms. The third-order valence-corrected chi connectivity index (χ3v) is 8.57. The number of piperidine rings is 1. The lowest BCUT2D eigenvalue weighted by molar-refractivity contribution is -0.143. The van der Waals surface area contributed by atoms with Gasteiger partial charge in [0.1, 0.15) is 15.7 Å². The van der Waals surface area contributed by atoms with Crippen LogP contribution in [0.4, 0.5) is 30.7 Å². The van der Waals surface area contributed by atoms with E-state index < -0.39 is 68.8 Å². The van der Waals surface area contributed by atoms with E-state index >= 15 is 0 Å². The second kappa shape index (κ2) is 12.2. The second-order valence-corrected chi connectivity index (χ2v) is 12.9. The van der Waals surface area contributed by atoms with E-state index in [1.165, 1.54) is 37.1 Å². The zero-order valence-corrected chi connectivity index (χ0v) is 24.1. The number of halogens is 7. The maximum Gasteiger partial charge on any atom is 0.416 e. The molecule has 0 N–H and O–H groups in total. The van der Waals surface area contributed by atoms with Crippen molar-refractivity contribution in [3.63, 3.8) is 0 Å². The van der Waals surface area contributed by atoms with Crippen molar-refractivity contribution < 1.29 is 48.7 Å². The molecule has 6 nitrogen and oxygen atoms in total. The highest BCUT2D eigenvalue weighted by atomic mass is 32.2. The van der Waals surface area contributed by atoms with Gasteiger partial charge in [0.2, 0.25) is 11.8 Å².